The normalized spacial score (nSPS) is 10.7. The second kappa shape index (κ2) is 6.57. The Kier molecular flexibility index (Phi) is 4.79. The molecular weight excluding hydrogens is 260 g/mol. The molecule has 110 valence electrons. The number of rotatable bonds is 5. The van der Waals surface area contributed by atoms with Crippen molar-refractivity contribution in [2.75, 3.05) is 0 Å². The third kappa shape index (κ3) is 3.52. The van der Waals surface area contributed by atoms with Crippen molar-refractivity contribution in [3.05, 3.63) is 59.2 Å². The Morgan fingerprint density at radius 3 is 2.48 bits per heavy atom. The van der Waals surface area contributed by atoms with Crippen LogP contribution >= 0.6 is 0 Å². The fraction of sp³-hybridized carbons (Fsp3) is 0.316. The maximum absolute atomic E-state index is 12.0. The van der Waals surface area contributed by atoms with Crippen LogP contribution in [0.3, 0.4) is 0 Å². The lowest BCUT2D eigenvalue weighted by Gasteiger charge is -2.13. The summed E-state index contributed by atoms with van der Waals surface area (Å²) in [6, 6.07) is 13.5. The van der Waals surface area contributed by atoms with Gasteiger partial charge in [-0.25, -0.2) is 0 Å². The van der Waals surface area contributed by atoms with Gasteiger partial charge in [0.05, 0.1) is 5.56 Å². The number of aryl methyl sites for hydroxylation is 1. The largest absolute Gasteiger partial charge is 0.457 e. The van der Waals surface area contributed by atoms with E-state index in [9.17, 15) is 4.79 Å². The molecular formula is C19H22O2. The molecule has 2 aromatic carbocycles. The molecule has 0 amide bonds. The Labute approximate surface area is 126 Å². The fourth-order valence-electron chi connectivity index (χ4n) is 2.46. The van der Waals surface area contributed by atoms with Crippen molar-refractivity contribution in [3.63, 3.8) is 0 Å². The topological polar surface area (TPSA) is 26.3 Å². The summed E-state index contributed by atoms with van der Waals surface area (Å²) in [5.74, 6) is 1.99. The Hall–Kier alpha value is -2.09. The van der Waals surface area contributed by atoms with Gasteiger partial charge in [0, 0.05) is 6.42 Å². The predicted molar refractivity (Wildman–Crippen MR) is 86.4 cm³/mol. The summed E-state index contributed by atoms with van der Waals surface area (Å²) < 4.78 is 5.93. The Morgan fingerprint density at radius 1 is 1.14 bits per heavy atom. The van der Waals surface area contributed by atoms with E-state index in [1.54, 1.807) is 0 Å². The van der Waals surface area contributed by atoms with Crippen LogP contribution in [0.5, 0.6) is 11.5 Å². The molecule has 2 aromatic rings. The second-order valence-corrected chi connectivity index (χ2v) is 5.55. The van der Waals surface area contributed by atoms with Crippen molar-refractivity contribution >= 4 is 5.78 Å². The van der Waals surface area contributed by atoms with Gasteiger partial charge in [-0.15, -0.1) is 0 Å². The first-order valence-corrected chi connectivity index (χ1v) is 7.43. The van der Waals surface area contributed by atoms with Gasteiger partial charge in [-0.2, -0.15) is 0 Å². The van der Waals surface area contributed by atoms with Gasteiger partial charge in [0.15, 0.2) is 5.78 Å². The molecule has 0 aliphatic heterocycles. The maximum atomic E-state index is 12.0. The number of carbonyl (C=O) groups excluding carboxylic acids is 1. The Balaban J connectivity index is 2.31. The molecule has 0 radical (unpaired) electrons. The monoisotopic (exact) mass is 282 g/mol. The van der Waals surface area contributed by atoms with E-state index in [-0.39, 0.29) is 5.78 Å². The molecule has 2 nitrogen and oxygen atoms in total. The molecule has 2 rings (SSSR count). The van der Waals surface area contributed by atoms with Gasteiger partial charge >= 0.3 is 0 Å². The lowest BCUT2D eigenvalue weighted by atomic mass is 9.98. The zero-order valence-corrected chi connectivity index (χ0v) is 13.1. The molecule has 0 aliphatic rings. The van der Waals surface area contributed by atoms with Crippen LogP contribution in [0, 0.1) is 6.92 Å². The maximum Gasteiger partial charge on any atom is 0.166 e. The summed E-state index contributed by atoms with van der Waals surface area (Å²) in [5.41, 5.74) is 3.17. The average Bonchev–Trinajstić information content (AvgIpc) is 2.46. The highest BCUT2D eigenvalue weighted by Gasteiger charge is 2.11. The molecule has 0 saturated carbocycles. The summed E-state index contributed by atoms with van der Waals surface area (Å²) in [6.45, 7) is 8.31. The highest BCUT2D eigenvalue weighted by Crippen LogP contribution is 2.29. The smallest absolute Gasteiger partial charge is 0.166 e. The Bertz CT molecular complexity index is 642. The average molecular weight is 282 g/mol. The van der Waals surface area contributed by atoms with E-state index in [4.69, 9.17) is 4.74 Å². The number of ketones is 1. The van der Waals surface area contributed by atoms with Gasteiger partial charge in [0.2, 0.25) is 0 Å². The number of Topliss-reactive ketones (excluding diaryl/α,β-unsaturated/α-hetero) is 1. The molecule has 0 unspecified atom stereocenters. The van der Waals surface area contributed by atoms with Crippen LogP contribution in [-0.4, -0.2) is 5.78 Å². The third-order valence-corrected chi connectivity index (χ3v) is 3.60. The second-order valence-electron chi connectivity index (χ2n) is 5.55. The minimum absolute atomic E-state index is 0.0983. The molecule has 2 heteroatoms. The summed E-state index contributed by atoms with van der Waals surface area (Å²) in [6.07, 6.45) is 0.478. The fourth-order valence-corrected chi connectivity index (χ4v) is 2.46. The molecule has 0 aliphatic carbocycles. The van der Waals surface area contributed by atoms with Crippen LogP contribution in [0.15, 0.2) is 42.5 Å². The van der Waals surface area contributed by atoms with E-state index in [2.05, 4.69) is 26.8 Å². The van der Waals surface area contributed by atoms with E-state index >= 15 is 0 Å². The van der Waals surface area contributed by atoms with Crippen LogP contribution in [0.25, 0.3) is 0 Å². The van der Waals surface area contributed by atoms with Gasteiger partial charge in [-0.3, -0.25) is 4.79 Å². The summed E-state index contributed by atoms with van der Waals surface area (Å²) in [4.78, 5) is 12.0. The van der Waals surface area contributed by atoms with Crippen molar-refractivity contribution in [3.8, 4) is 11.5 Å². The first kappa shape index (κ1) is 15.3. The van der Waals surface area contributed by atoms with E-state index in [1.165, 1.54) is 11.1 Å². The number of para-hydroxylation sites is 1. The van der Waals surface area contributed by atoms with Gasteiger partial charge < -0.3 is 4.74 Å². The molecule has 0 atom stereocenters. The lowest BCUT2D eigenvalue weighted by molar-refractivity contribution is 0.0986. The minimum Gasteiger partial charge on any atom is -0.457 e. The van der Waals surface area contributed by atoms with Crippen molar-refractivity contribution in [2.45, 2.75) is 40.0 Å². The summed E-state index contributed by atoms with van der Waals surface area (Å²) in [5, 5.41) is 0. The summed E-state index contributed by atoms with van der Waals surface area (Å²) in [7, 11) is 0. The van der Waals surface area contributed by atoms with Crippen molar-refractivity contribution in [1.82, 2.24) is 0 Å². The van der Waals surface area contributed by atoms with Gasteiger partial charge in [-0.05, 0) is 48.2 Å². The van der Waals surface area contributed by atoms with Crippen LogP contribution in [-0.2, 0) is 0 Å². The predicted octanol–water partition coefficient (Wildman–Crippen LogP) is 5.50. The van der Waals surface area contributed by atoms with E-state index in [0.29, 0.717) is 23.7 Å². The molecule has 0 N–H and O–H groups in total. The number of ether oxygens (including phenoxy) is 1. The SMILES string of the molecule is CCC(=O)c1ccccc1Oc1ccc(C(C)C)c(C)c1. The highest BCUT2D eigenvalue weighted by molar-refractivity contribution is 5.98. The molecule has 0 bridgehead atoms. The molecule has 0 fully saturated rings. The number of carbonyl (C=O) groups is 1. The third-order valence-electron chi connectivity index (χ3n) is 3.60. The standard InChI is InChI=1S/C19H22O2/c1-5-18(20)17-8-6-7-9-19(17)21-15-10-11-16(13(2)3)14(4)12-15/h6-13H,5H2,1-4H3. The van der Waals surface area contributed by atoms with Crippen molar-refractivity contribution < 1.29 is 9.53 Å². The van der Waals surface area contributed by atoms with Crippen LogP contribution in [0.1, 0.15) is 54.6 Å². The molecule has 0 spiro atoms. The minimum atomic E-state index is 0.0983. The lowest BCUT2D eigenvalue weighted by Crippen LogP contribution is -2.00. The quantitative estimate of drug-likeness (QED) is 0.676. The van der Waals surface area contributed by atoms with Crippen LogP contribution < -0.4 is 4.74 Å². The van der Waals surface area contributed by atoms with E-state index in [0.717, 1.165) is 5.75 Å². The number of hydrogen-bond donors (Lipinski definition) is 0. The van der Waals surface area contributed by atoms with Gasteiger partial charge in [-0.1, -0.05) is 39.0 Å². The molecule has 0 saturated heterocycles. The summed E-state index contributed by atoms with van der Waals surface area (Å²) >= 11 is 0. The number of hydrogen-bond acceptors (Lipinski definition) is 2. The highest BCUT2D eigenvalue weighted by atomic mass is 16.5. The zero-order valence-electron chi connectivity index (χ0n) is 13.1. The van der Waals surface area contributed by atoms with Crippen LogP contribution in [0.4, 0.5) is 0 Å². The molecule has 21 heavy (non-hydrogen) atoms. The zero-order chi connectivity index (χ0) is 15.4. The van der Waals surface area contributed by atoms with Crippen molar-refractivity contribution in [1.29, 1.82) is 0 Å². The Morgan fingerprint density at radius 2 is 1.86 bits per heavy atom. The molecule has 0 heterocycles. The first-order valence-electron chi connectivity index (χ1n) is 7.43. The van der Waals surface area contributed by atoms with Crippen molar-refractivity contribution in [2.24, 2.45) is 0 Å². The van der Waals surface area contributed by atoms with Gasteiger partial charge in [0.25, 0.3) is 0 Å². The first-order chi connectivity index (χ1) is 10.0. The number of benzene rings is 2. The van der Waals surface area contributed by atoms with E-state index in [1.807, 2.05) is 43.3 Å². The van der Waals surface area contributed by atoms with E-state index < -0.39 is 0 Å². The molecule has 0 aromatic heterocycles. The van der Waals surface area contributed by atoms with Gasteiger partial charge in [0.1, 0.15) is 11.5 Å². The van der Waals surface area contributed by atoms with Crippen LogP contribution in [0.2, 0.25) is 0 Å².